The summed E-state index contributed by atoms with van der Waals surface area (Å²) in [6.45, 7) is -1.07. The van der Waals surface area contributed by atoms with E-state index in [0.29, 0.717) is 25.8 Å². The van der Waals surface area contributed by atoms with E-state index in [2.05, 4.69) is 9.98 Å². The Hall–Kier alpha value is -1.36. The van der Waals surface area contributed by atoms with E-state index >= 15 is 0 Å². The van der Waals surface area contributed by atoms with Crippen molar-refractivity contribution in [3.63, 3.8) is 0 Å². The van der Waals surface area contributed by atoms with Gasteiger partial charge in [0.05, 0.1) is 19.8 Å². The van der Waals surface area contributed by atoms with Crippen LogP contribution in [0, 0.1) is 5.92 Å². The molecule has 0 aliphatic carbocycles. The van der Waals surface area contributed by atoms with Crippen molar-refractivity contribution in [3.05, 3.63) is 0 Å². The molecule has 0 bridgehead atoms. The van der Waals surface area contributed by atoms with Gasteiger partial charge >= 0.3 is 0 Å². The number of unbranched alkanes of at least 4 members (excludes halogenated alkanes) is 1. The predicted molar refractivity (Wildman–Crippen MR) is 62.4 cm³/mol. The third-order valence-electron chi connectivity index (χ3n) is 2.93. The first kappa shape index (κ1) is 16.6. The lowest BCUT2D eigenvalue weighted by atomic mass is 9.82. The SMILES string of the molecule is O=C=NCCCCC(CO)C(CO)(CO)N=C=O. The molecule has 0 fully saturated rings. The average Bonchev–Trinajstić information content (AvgIpc) is 2.41. The molecule has 1 atom stereocenters. The Morgan fingerprint density at radius 2 is 1.72 bits per heavy atom. The summed E-state index contributed by atoms with van der Waals surface area (Å²) in [5, 5.41) is 27.7. The summed E-state index contributed by atoms with van der Waals surface area (Å²) >= 11 is 0. The van der Waals surface area contributed by atoms with Crippen LogP contribution in [0.3, 0.4) is 0 Å². The quantitative estimate of drug-likeness (QED) is 0.268. The molecule has 1 unspecified atom stereocenters. The van der Waals surface area contributed by atoms with Crippen molar-refractivity contribution in [3.8, 4) is 0 Å². The van der Waals surface area contributed by atoms with Crippen molar-refractivity contribution < 1.29 is 24.9 Å². The fourth-order valence-corrected chi connectivity index (χ4v) is 1.72. The first-order valence-corrected chi connectivity index (χ1v) is 5.66. The molecular weight excluding hydrogens is 240 g/mol. The van der Waals surface area contributed by atoms with E-state index in [0.717, 1.165) is 0 Å². The second-order valence-corrected chi connectivity index (χ2v) is 3.97. The first-order chi connectivity index (χ1) is 8.70. The Morgan fingerprint density at radius 3 is 2.17 bits per heavy atom. The maximum absolute atomic E-state index is 10.3. The van der Waals surface area contributed by atoms with Crippen LogP contribution < -0.4 is 0 Å². The Labute approximate surface area is 105 Å². The van der Waals surface area contributed by atoms with Gasteiger partial charge in [-0.3, -0.25) is 0 Å². The summed E-state index contributed by atoms with van der Waals surface area (Å²) in [5.74, 6) is -0.547. The molecule has 0 rings (SSSR count). The average molecular weight is 258 g/mol. The highest BCUT2D eigenvalue weighted by Crippen LogP contribution is 2.26. The molecule has 0 aromatic heterocycles. The van der Waals surface area contributed by atoms with E-state index < -0.39 is 24.7 Å². The van der Waals surface area contributed by atoms with Gasteiger partial charge in [-0.05, 0) is 12.8 Å². The number of aliphatic hydroxyl groups excluding tert-OH is 3. The molecule has 0 aliphatic heterocycles. The number of hydrogen-bond acceptors (Lipinski definition) is 7. The van der Waals surface area contributed by atoms with Gasteiger partial charge in [0.25, 0.3) is 0 Å². The van der Waals surface area contributed by atoms with Gasteiger partial charge in [-0.2, -0.15) is 4.99 Å². The van der Waals surface area contributed by atoms with Crippen molar-refractivity contribution >= 4 is 12.2 Å². The molecule has 0 amide bonds. The molecule has 0 aromatic rings. The van der Waals surface area contributed by atoms with Crippen LogP contribution >= 0.6 is 0 Å². The second-order valence-electron chi connectivity index (χ2n) is 3.97. The van der Waals surface area contributed by atoms with Crippen LogP contribution in [-0.4, -0.2) is 59.4 Å². The lowest BCUT2D eigenvalue weighted by Crippen LogP contribution is -2.45. The maximum Gasteiger partial charge on any atom is 0.235 e. The van der Waals surface area contributed by atoms with Crippen LogP contribution in [0.25, 0.3) is 0 Å². The number of nitrogens with zero attached hydrogens (tertiary/aromatic N) is 2. The Bertz CT molecular complexity index is 317. The summed E-state index contributed by atoms with van der Waals surface area (Å²) < 4.78 is 0. The summed E-state index contributed by atoms with van der Waals surface area (Å²) in [4.78, 5) is 27.0. The fourth-order valence-electron chi connectivity index (χ4n) is 1.72. The minimum absolute atomic E-state index is 0.316. The molecule has 18 heavy (non-hydrogen) atoms. The molecule has 3 N–H and O–H groups in total. The highest BCUT2D eigenvalue weighted by atomic mass is 16.3. The zero-order valence-corrected chi connectivity index (χ0v) is 10.1. The largest absolute Gasteiger partial charge is 0.396 e. The van der Waals surface area contributed by atoms with Crippen LogP contribution in [0.15, 0.2) is 9.98 Å². The zero-order chi connectivity index (χ0) is 13.9. The van der Waals surface area contributed by atoms with Crippen molar-refractivity contribution in [1.29, 1.82) is 0 Å². The third kappa shape index (κ3) is 4.87. The molecule has 7 nitrogen and oxygen atoms in total. The van der Waals surface area contributed by atoms with Gasteiger partial charge in [-0.25, -0.2) is 14.6 Å². The highest BCUT2D eigenvalue weighted by molar-refractivity contribution is 5.35. The summed E-state index contributed by atoms with van der Waals surface area (Å²) in [7, 11) is 0. The van der Waals surface area contributed by atoms with Gasteiger partial charge in [0, 0.05) is 12.5 Å². The molecule has 7 heteroatoms. The molecule has 0 heterocycles. The van der Waals surface area contributed by atoms with Gasteiger partial charge in [-0.1, -0.05) is 6.42 Å². The molecule has 0 radical (unpaired) electrons. The van der Waals surface area contributed by atoms with Crippen molar-refractivity contribution in [2.75, 3.05) is 26.4 Å². The van der Waals surface area contributed by atoms with Crippen LogP contribution in [0.4, 0.5) is 0 Å². The van der Waals surface area contributed by atoms with Crippen LogP contribution in [-0.2, 0) is 9.59 Å². The molecule has 0 aliphatic rings. The number of aliphatic imine (C=N–C) groups is 2. The number of hydrogen-bond donors (Lipinski definition) is 3. The molecule has 0 aromatic carbocycles. The number of aliphatic hydroxyl groups is 3. The van der Waals surface area contributed by atoms with Gasteiger partial charge in [0.2, 0.25) is 12.2 Å². The van der Waals surface area contributed by atoms with Crippen LogP contribution in [0.5, 0.6) is 0 Å². The fraction of sp³-hybridized carbons (Fsp3) is 0.818. The van der Waals surface area contributed by atoms with Crippen molar-refractivity contribution in [1.82, 2.24) is 0 Å². The van der Waals surface area contributed by atoms with Gasteiger partial charge in [0.1, 0.15) is 5.54 Å². The highest BCUT2D eigenvalue weighted by Gasteiger charge is 2.37. The standard InChI is InChI=1S/C11H18N2O5/c14-5-10(3-1-2-4-12-8-17)11(6-15,7-16)13-9-18/h10,14-16H,1-7H2. The van der Waals surface area contributed by atoms with E-state index in [4.69, 9.17) is 0 Å². The minimum Gasteiger partial charge on any atom is -0.396 e. The topological polar surface area (TPSA) is 120 Å². The van der Waals surface area contributed by atoms with Gasteiger partial charge in [-0.15, -0.1) is 0 Å². The minimum atomic E-state index is -1.40. The van der Waals surface area contributed by atoms with Gasteiger partial charge < -0.3 is 15.3 Å². The molecule has 0 spiro atoms. The lowest BCUT2D eigenvalue weighted by Gasteiger charge is -2.31. The van der Waals surface area contributed by atoms with E-state index in [9.17, 15) is 24.9 Å². The predicted octanol–water partition coefficient (Wildman–Crippen LogP) is -0.840. The third-order valence-corrected chi connectivity index (χ3v) is 2.93. The Balaban J connectivity index is 4.51. The number of carbonyl (C=O) groups excluding carboxylic acids is 2. The molecule has 0 saturated carbocycles. The number of isocyanates is 2. The van der Waals surface area contributed by atoms with Gasteiger partial charge in [0.15, 0.2) is 0 Å². The van der Waals surface area contributed by atoms with Crippen molar-refractivity contribution in [2.45, 2.75) is 24.8 Å². The van der Waals surface area contributed by atoms with E-state index in [1.165, 1.54) is 12.2 Å². The molecule has 0 saturated heterocycles. The summed E-state index contributed by atoms with van der Waals surface area (Å²) in [5.41, 5.74) is -1.40. The summed E-state index contributed by atoms with van der Waals surface area (Å²) in [6.07, 6.45) is 4.40. The van der Waals surface area contributed by atoms with E-state index in [1.807, 2.05) is 0 Å². The molecular formula is C11H18N2O5. The van der Waals surface area contributed by atoms with Crippen LogP contribution in [0.1, 0.15) is 19.3 Å². The smallest absolute Gasteiger partial charge is 0.235 e. The Kier molecular flexibility index (Phi) is 8.92. The maximum atomic E-state index is 10.3. The van der Waals surface area contributed by atoms with E-state index in [1.54, 1.807) is 0 Å². The second kappa shape index (κ2) is 9.65. The molecule has 102 valence electrons. The van der Waals surface area contributed by atoms with Crippen molar-refractivity contribution in [2.24, 2.45) is 15.9 Å². The Morgan fingerprint density at radius 1 is 1.06 bits per heavy atom. The van der Waals surface area contributed by atoms with Crippen LogP contribution in [0.2, 0.25) is 0 Å². The first-order valence-electron chi connectivity index (χ1n) is 5.66. The van der Waals surface area contributed by atoms with E-state index in [-0.39, 0.29) is 6.61 Å². The summed E-state index contributed by atoms with van der Waals surface area (Å²) in [6, 6.07) is 0. The number of rotatable bonds is 10. The lowest BCUT2D eigenvalue weighted by molar-refractivity contribution is 0.0436. The zero-order valence-electron chi connectivity index (χ0n) is 10.1. The normalized spacial score (nSPS) is 12.4. The monoisotopic (exact) mass is 258 g/mol.